The lowest BCUT2D eigenvalue weighted by Gasteiger charge is -2.47. The Labute approximate surface area is 111 Å². The Hall–Kier alpha value is -0.830. The van der Waals surface area contributed by atoms with Crippen LogP contribution in [-0.2, 0) is 4.79 Å². The monoisotopic (exact) mass is 250 g/mol. The van der Waals surface area contributed by atoms with Crippen molar-refractivity contribution in [3.63, 3.8) is 0 Å². The maximum atomic E-state index is 12.3. The number of rotatable bonds is 4. The van der Waals surface area contributed by atoms with Crippen molar-refractivity contribution in [2.24, 2.45) is 11.8 Å². The molecule has 0 bridgehead atoms. The molecular weight excluding hydrogens is 224 g/mol. The van der Waals surface area contributed by atoms with Gasteiger partial charge in [0.25, 0.3) is 0 Å². The first-order valence-corrected chi connectivity index (χ1v) is 7.35. The number of amides is 1. The number of likely N-dealkylation sites (tertiary alicyclic amines) is 1. The highest BCUT2D eigenvalue weighted by Crippen LogP contribution is 2.38. The zero-order valence-electron chi connectivity index (χ0n) is 11.5. The van der Waals surface area contributed by atoms with Gasteiger partial charge in [-0.05, 0) is 31.1 Å². The average Bonchev–Trinajstić information content (AvgIpc) is 2.39. The Kier molecular flexibility index (Phi) is 4.81. The van der Waals surface area contributed by atoms with Gasteiger partial charge in [0.05, 0.1) is 6.54 Å². The zero-order chi connectivity index (χ0) is 13.0. The van der Waals surface area contributed by atoms with Gasteiger partial charge in [0.2, 0.25) is 5.91 Å². The van der Waals surface area contributed by atoms with Gasteiger partial charge in [0.1, 0.15) is 0 Å². The molecule has 1 aliphatic heterocycles. The van der Waals surface area contributed by atoms with Gasteiger partial charge in [-0.3, -0.25) is 4.79 Å². The second-order valence-electron chi connectivity index (χ2n) is 5.79. The summed E-state index contributed by atoms with van der Waals surface area (Å²) in [5.41, 5.74) is 0. The summed E-state index contributed by atoms with van der Waals surface area (Å²) in [5, 5.41) is 3.13. The van der Waals surface area contributed by atoms with E-state index in [0.29, 0.717) is 19.1 Å². The third-order valence-corrected chi connectivity index (χ3v) is 4.62. The lowest BCUT2D eigenvalue weighted by molar-refractivity contribution is -0.137. The van der Waals surface area contributed by atoms with Crippen LogP contribution in [0.4, 0.5) is 0 Å². The molecule has 1 amide bonds. The summed E-state index contributed by atoms with van der Waals surface area (Å²) in [4.78, 5) is 14.4. The molecule has 3 heteroatoms. The molecule has 0 radical (unpaired) electrons. The molecule has 2 fully saturated rings. The van der Waals surface area contributed by atoms with E-state index < -0.39 is 0 Å². The number of nitrogens with zero attached hydrogens (tertiary/aromatic N) is 1. The summed E-state index contributed by atoms with van der Waals surface area (Å²) in [6.07, 6.45) is 8.14. The SMILES string of the molecule is C=CCNCC(=O)N1CCC(C)C2CCCCC21. The topological polar surface area (TPSA) is 32.3 Å². The molecule has 0 aromatic heterocycles. The number of hydrogen-bond donors (Lipinski definition) is 1. The minimum atomic E-state index is 0.278. The van der Waals surface area contributed by atoms with E-state index >= 15 is 0 Å². The highest BCUT2D eigenvalue weighted by molar-refractivity contribution is 5.78. The minimum Gasteiger partial charge on any atom is -0.338 e. The molecule has 18 heavy (non-hydrogen) atoms. The second-order valence-corrected chi connectivity index (χ2v) is 5.79. The lowest BCUT2D eigenvalue weighted by Crippen LogP contribution is -2.54. The molecule has 2 aliphatic rings. The van der Waals surface area contributed by atoms with E-state index in [0.717, 1.165) is 18.4 Å². The van der Waals surface area contributed by atoms with Crippen LogP contribution in [0.3, 0.4) is 0 Å². The van der Waals surface area contributed by atoms with Crippen molar-refractivity contribution in [1.29, 1.82) is 0 Å². The van der Waals surface area contributed by atoms with Crippen LogP contribution in [0.1, 0.15) is 39.0 Å². The number of nitrogens with one attached hydrogen (secondary N) is 1. The van der Waals surface area contributed by atoms with Gasteiger partial charge in [-0.15, -0.1) is 6.58 Å². The summed E-state index contributed by atoms with van der Waals surface area (Å²) in [7, 11) is 0. The van der Waals surface area contributed by atoms with Gasteiger partial charge in [0, 0.05) is 19.1 Å². The molecule has 1 saturated heterocycles. The van der Waals surface area contributed by atoms with E-state index in [4.69, 9.17) is 0 Å². The predicted molar refractivity (Wildman–Crippen MR) is 74.3 cm³/mol. The maximum absolute atomic E-state index is 12.3. The lowest BCUT2D eigenvalue weighted by atomic mass is 9.72. The Morgan fingerprint density at radius 2 is 2.17 bits per heavy atom. The van der Waals surface area contributed by atoms with E-state index in [1.54, 1.807) is 6.08 Å². The first kappa shape index (κ1) is 13.6. The van der Waals surface area contributed by atoms with E-state index in [1.165, 1.54) is 32.1 Å². The molecule has 0 spiro atoms. The summed E-state index contributed by atoms with van der Waals surface area (Å²) in [5.74, 6) is 1.82. The first-order valence-electron chi connectivity index (χ1n) is 7.35. The summed E-state index contributed by atoms with van der Waals surface area (Å²) in [6, 6.07) is 0.514. The number of fused-ring (bicyclic) bond motifs is 1. The Morgan fingerprint density at radius 3 is 2.94 bits per heavy atom. The van der Waals surface area contributed by atoms with Crippen LogP contribution in [-0.4, -0.2) is 36.5 Å². The van der Waals surface area contributed by atoms with Crippen molar-refractivity contribution >= 4 is 5.91 Å². The largest absolute Gasteiger partial charge is 0.338 e. The molecule has 3 unspecified atom stereocenters. The van der Waals surface area contributed by atoms with Crippen LogP contribution < -0.4 is 5.32 Å². The van der Waals surface area contributed by atoms with Crippen LogP contribution in [0, 0.1) is 11.8 Å². The van der Waals surface area contributed by atoms with Crippen LogP contribution in [0.2, 0.25) is 0 Å². The minimum absolute atomic E-state index is 0.278. The molecule has 2 rings (SSSR count). The van der Waals surface area contributed by atoms with Gasteiger partial charge < -0.3 is 10.2 Å². The predicted octanol–water partition coefficient (Wildman–Crippen LogP) is 2.19. The van der Waals surface area contributed by atoms with Crippen molar-refractivity contribution in [3.8, 4) is 0 Å². The fourth-order valence-electron chi connectivity index (χ4n) is 3.61. The molecule has 1 N–H and O–H groups in total. The molecule has 3 nitrogen and oxygen atoms in total. The normalized spacial score (nSPS) is 31.8. The Morgan fingerprint density at radius 1 is 1.39 bits per heavy atom. The zero-order valence-corrected chi connectivity index (χ0v) is 11.5. The highest BCUT2D eigenvalue weighted by Gasteiger charge is 2.38. The van der Waals surface area contributed by atoms with Crippen molar-refractivity contribution in [3.05, 3.63) is 12.7 Å². The van der Waals surface area contributed by atoms with Crippen molar-refractivity contribution in [2.45, 2.75) is 45.1 Å². The molecular formula is C15H26N2O. The molecule has 1 heterocycles. The molecule has 102 valence electrons. The van der Waals surface area contributed by atoms with E-state index in [-0.39, 0.29) is 5.91 Å². The third-order valence-electron chi connectivity index (χ3n) is 4.62. The molecule has 0 aromatic carbocycles. The van der Waals surface area contributed by atoms with Crippen molar-refractivity contribution < 1.29 is 4.79 Å². The van der Waals surface area contributed by atoms with Crippen molar-refractivity contribution in [1.82, 2.24) is 10.2 Å². The quantitative estimate of drug-likeness (QED) is 0.613. The summed E-state index contributed by atoms with van der Waals surface area (Å²) >= 11 is 0. The van der Waals surface area contributed by atoms with Crippen LogP contribution >= 0.6 is 0 Å². The van der Waals surface area contributed by atoms with E-state index in [9.17, 15) is 4.79 Å². The van der Waals surface area contributed by atoms with E-state index in [2.05, 4.69) is 23.7 Å². The van der Waals surface area contributed by atoms with E-state index in [1.807, 2.05) is 0 Å². The van der Waals surface area contributed by atoms with Crippen molar-refractivity contribution in [2.75, 3.05) is 19.6 Å². The number of piperidine rings is 1. The van der Waals surface area contributed by atoms with Gasteiger partial charge in [-0.1, -0.05) is 25.8 Å². The van der Waals surface area contributed by atoms with Crippen LogP contribution in [0.5, 0.6) is 0 Å². The summed E-state index contributed by atoms with van der Waals surface area (Å²) < 4.78 is 0. The van der Waals surface area contributed by atoms with Crippen LogP contribution in [0.15, 0.2) is 12.7 Å². The second kappa shape index (κ2) is 6.37. The van der Waals surface area contributed by atoms with Gasteiger partial charge in [0.15, 0.2) is 0 Å². The standard InChI is InChI=1S/C15H26N2O/c1-3-9-16-11-15(18)17-10-8-12(2)13-6-4-5-7-14(13)17/h3,12-14,16H,1,4-11H2,2H3. The molecule has 1 aliphatic carbocycles. The summed E-state index contributed by atoms with van der Waals surface area (Å²) in [6.45, 7) is 8.15. The number of carbonyl (C=O) groups excluding carboxylic acids is 1. The average molecular weight is 250 g/mol. The van der Waals surface area contributed by atoms with Crippen LogP contribution in [0.25, 0.3) is 0 Å². The highest BCUT2D eigenvalue weighted by atomic mass is 16.2. The Bertz CT molecular complexity index is 303. The van der Waals surface area contributed by atoms with Gasteiger partial charge in [-0.25, -0.2) is 0 Å². The Balaban J connectivity index is 1.94. The third kappa shape index (κ3) is 2.94. The molecule has 3 atom stereocenters. The number of hydrogen-bond acceptors (Lipinski definition) is 2. The van der Waals surface area contributed by atoms with Gasteiger partial charge in [-0.2, -0.15) is 0 Å². The first-order chi connectivity index (χ1) is 8.74. The number of carbonyl (C=O) groups is 1. The fraction of sp³-hybridized carbons (Fsp3) is 0.800. The molecule has 1 saturated carbocycles. The smallest absolute Gasteiger partial charge is 0.236 e. The fourth-order valence-corrected chi connectivity index (χ4v) is 3.61. The molecule has 0 aromatic rings. The van der Waals surface area contributed by atoms with Gasteiger partial charge >= 0.3 is 0 Å². The maximum Gasteiger partial charge on any atom is 0.236 e.